The van der Waals surface area contributed by atoms with Crippen LogP contribution in [0.1, 0.15) is 30.0 Å². The van der Waals surface area contributed by atoms with Crippen LogP contribution in [0, 0.1) is 0 Å². The van der Waals surface area contributed by atoms with E-state index in [9.17, 15) is 9.59 Å². The van der Waals surface area contributed by atoms with Crippen LogP contribution in [-0.4, -0.2) is 18.5 Å². The van der Waals surface area contributed by atoms with Crippen molar-refractivity contribution < 1.29 is 9.59 Å². The first-order chi connectivity index (χ1) is 12.1. The van der Waals surface area contributed by atoms with Crippen LogP contribution in [0.3, 0.4) is 0 Å². The zero-order chi connectivity index (χ0) is 18.1. The molecule has 0 aliphatic rings. The van der Waals surface area contributed by atoms with Gasteiger partial charge >= 0.3 is 6.03 Å². The van der Waals surface area contributed by atoms with Crippen LogP contribution in [-0.2, 0) is 11.2 Å². The summed E-state index contributed by atoms with van der Waals surface area (Å²) in [5.41, 5.74) is 7.12. The van der Waals surface area contributed by atoms with Crippen molar-refractivity contribution in [3.05, 3.63) is 70.7 Å². The van der Waals surface area contributed by atoms with Gasteiger partial charge in [-0.3, -0.25) is 4.79 Å². The van der Waals surface area contributed by atoms with Crippen molar-refractivity contribution in [3.8, 4) is 0 Å². The Balaban J connectivity index is 1.85. The lowest BCUT2D eigenvalue weighted by molar-refractivity contribution is -0.121. The second-order valence-corrected chi connectivity index (χ2v) is 6.13. The van der Waals surface area contributed by atoms with Crippen LogP contribution in [0.15, 0.2) is 54.6 Å². The number of halogens is 1. The summed E-state index contributed by atoms with van der Waals surface area (Å²) in [6, 6.07) is 15.9. The SMILES string of the molecule is NC(=O)N[C@@H](CC(=O)NCCCc1ccccc1)c1ccccc1Cl. The zero-order valence-electron chi connectivity index (χ0n) is 13.9. The van der Waals surface area contributed by atoms with Gasteiger partial charge in [-0.25, -0.2) is 4.79 Å². The van der Waals surface area contributed by atoms with E-state index in [0.29, 0.717) is 17.1 Å². The largest absolute Gasteiger partial charge is 0.356 e. The average molecular weight is 360 g/mol. The van der Waals surface area contributed by atoms with E-state index in [-0.39, 0.29) is 12.3 Å². The van der Waals surface area contributed by atoms with Gasteiger partial charge in [-0.15, -0.1) is 0 Å². The van der Waals surface area contributed by atoms with E-state index in [1.54, 1.807) is 24.3 Å². The number of hydrogen-bond donors (Lipinski definition) is 3. The molecule has 0 unspecified atom stereocenters. The summed E-state index contributed by atoms with van der Waals surface area (Å²) in [6.07, 6.45) is 1.82. The molecule has 25 heavy (non-hydrogen) atoms. The summed E-state index contributed by atoms with van der Waals surface area (Å²) in [4.78, 5) is 23.4. The van der Waals surface area contributed by atoms with Gasteiger partial charge in [0, 0.05) is 11.6 Å². The second-order valence-electron chi connectivity index (χ2n) is 5.73. The highest BCUT2D eigenvalue weighted by molar-refractivity contribution is 6.31. The fourth-order valence-electron chi connectivity index (χ4n) is 2.59. The minimum atomic E-state index is -0.693. The van der Waals surface area contributed by atoms with Gasteiger partial charge in [0.15, 0.2) is 0 Å². The first-order valence-corrected chi connectivity index (χ1v) is 8.55. The summed E-state index contributed by atoms with van der Waals surface area (Å²) >= 11 is 6.16. The highest BCUT2D eigenvalue weighted by Gasteiger charge is 2.19. The van der Waals surface area contributed by atoms with Gasteiger partial charge < -0.3 is 16.4 Å². The maximum Gasteiger partial charge on any atom is 0.312 e. The fraction of sp³-hybridized carbons (Fsp3) is 0.263. The number of nitrogens with one attached hydrogen (secondary N) is 2. The molecule has 0 aliphatic heterocycles. The lowest BCUT2D eigenvalue weighted by Gasteiger charge is -2.19. The third kappa shape index (κ3) is 6.47. The van der Waals surface area contributed by atoms with Crippen molar-refractivity contribution >= 4 is 23.5 Å². The first kappa shape index (κ1) is 18.8. The number of primary amides is 1. The monoisotopic (exact) mass is 359 g/mol. The minimum absolute atomic E-state index is 0.0814. The maximum absolute atomic E-state index is 12.2. The molecule has 0 aromatic heterocycles. The number of amides is 3. The van der Waals surface area contributed by atoms with Crippen molar-refractivity contribution in [2.24, 2.45) is 5.73 Å². The topological polar surface area (TPSA) is 84.2 Å². The van der Waals surface area contributed by atoms with Gasteiger partial charge in [0.05, 0.1) is 12.5 Å². The van der Waals surface area contributed by atoms with Gasteiger partial charge in [0.1, 0.15) is 0 Å². The van der Waals surface area contributed by atoms with Crippen LogP contribution >= 0.6 is 11.6 Å². The number of benzene rings is 2. The van der Waals surface area contributed by atoms with Gasteiger partial charge in [0.2, 0.25) is 5.91 Å². The summed E-state index contributed by atoms with van der Waals surface area (Å²) in [5, 5.41) is 5.93. The molecule has 0 bridgehead atoms. The standard InChI is InChI=1S/C19H22ClN3O2/c20-16-11-5-4-10-15(16)17(23-19(21)25)13-18(24)22-12-6-9-14-7-2-1-3-8-14/h1-5,7-8,10-11,17H,6,9,12-13H2,(H,22,24)(H3,21,23,25)/t17-/m0/s1. The molecule has 0 aliphatic carbocycles. The number of nitrogens with two attached hydrogens (primary N) is 1. The van der Waals surface area contributed by atoms with E-state index in [4.69, 9.17) is 17.3 Å². The predicted octanol–water partition coefficient (Wildman–Crippen LogP) is 3.19. The Bertz CT molecular complexity index is 707. The molecule has 0 fully saturated rings. The molecule has 0 heterocycles. The lowest BCUT2D eigenvalue weighted by atomic mass is 10.0. The van der Waals surface area contributed by atoms with Gasteiger partial charge in [0.25, 0.3) is 0 Å². The third-order valence-corrected chi connectivity index (χ3v) is 4.14. The number of carbonyl (C=O) groups is 2. The highest BCUT2D eigenvalue weighted by atomic mass is 35.5. The van der Waals surface area contributed by atoms with Crippen molar-refractivity contribution in [1.29, 1.82) is 0 Å². The number of aryl methyl sites for hydroxylation is 1. The molecule has 4 N–H and O–H groups in total. The lowest BCUT2D eigenvalue weighted by Crippen LogP contribution is -2.37. The summed E-state index contributed by atoms with van der Waals surface area (Å²) in [7, 11) is 0. The normalized spacial score (nSPS) is 11.6. The highest BCUT2D eigenvalue weighted by Crippen LogP contribution is 2.24. The number of urea groups is 1. The Labute approximate surface area is 152 Å². The quantitative estimate of drug-likeness (QED) is 0.632. The van der Waals surface area contributed by atoms with Gasteiger partial charge in [-0.2, -0.15) is 0 Å². The third-order valence-electron chi connectivity index (χ3n) is 3.79. The zero-order valence-corrected chi connectivity index (χ0v) is 14.6. The average Bonchev–Trinajstić information content (AvgIpc) is 2.59. The van der Waals surface area contributed by atoms with E-state index in [2.05, 4.69) is 22.8 Å². The van der Waals surface area contributed by atoms with E-state index in [1.165, 1.54) is 5.56 Å². The second kappa shape index (κ2) is 9.69. The molecule has 5 nitrogen and oxygen atoms in total. The summed E-state index contributed by atoms with van der Waals surface area (Å²) in [5.74, 6) is -0.160. The predicted molar refractivity (Wildman–Crippen MR) is 99.3 cm³/mol. The molecule has 2 aromatic carbocycles. The van der Waals surface area contributed by atoms with E-state index < -0.39 is 12.1 Å². The van der Waals surface area contributed by atoms with Crippen LogP contribution in [0.25, 0.3) is 0 Å². The molecule has 2 rings (SSSR count). The van der Waals surface area contributed by atoms with Crippen molar-refractivity contribution in [2.75, 3.05) is 6.54 Å². The molecule has 1 atom stereocenters. The van der Waals surface area contributed by atoms with Crippen LogP contribution in [0.2, 0.25) is 5.02 Å². The summed E-state index contributed by atoms with van der Waals surface area (Å²) < 4.78 is 0. The molecular weight excluding hydrogens is 338 g/mol. The van der Waals surface area contributed by atoms with Crippen LogP contribution in [0.4, 0.5) is 4.79 Å². The first-order valence-electron chi connectivity index (χ1n) is 8.17. The molecule has 0 saturated heterocycles. The Morgan fingerprint density at radius 1 is 1.04 bits per heavy atom. The minimum Gasteiger partial charge on any atom is -0.356 e. The number of hydrogen-bond acceptors (Lipinski definition) is 2. The molecular formula is C19H22ClN3O2. The molecule has 0 saturated carbocycles. The fourth-order valence-corrected chi connectivity index (χ4v) is 2.86. The Morgan fingerprint density at radius 3 is 2.40 bits per heavy atom. The Hall–Kier alpha value is -2.53. The van der Waals surface area contributed by atoms with Crippen LogP contribution in [0.5, 0.6) is 0 Å². The molecule has 2 aromatic rings. The molecule has 132 valence electrons. The molecule has 0 spiro atoms. The smallest absolute Gasteiger partial charge is 0.312 e. The van der Waals surface area contributed by atoms with Crippen molar-refractivity contribution in [2.45, 2.75) is 25.3 Å². The van der Waals surface area contributed by atoms with Gasteiger partial charge in [-0.05, 0) is 30.0 Å². The van der Waals surface area contributed by atoms with E-state index in [0.717, 1.165) is 12.8 Å². The summed E-state index contributed by atoms with van der Waals surface area (Å²) in [6.45, 7) is 0.569. The van der Waals surface area contributed by atoms with Crippen LogP contribution < -0.4 is 16.4 Å². The molecule has 3 amide bonds. The Morgan fingerprint density at radius 2 is 1.72 bits per heavy atom. The van der Waals surface area contributed by atoms with Crippen molar-refractivity contribution in [1.82, 2.24) is 10.6 Å². The van der Waals surface area contributed by atoms with E-state index >= 15 is 0 Å². The maximum atomic E-state index is 12.2. The van der Waals surface area contributed by atoms with Gasteiger partial charge in [-0.1, -0.05) is 60.1 Å². The Kier molecular flexibility index (Phi) is 7.29. The van der Waals surface area contributed by atoms with E-state index in [1.807, 2.05) is 18.2 Å². The van der Waals surface area contributed by atoms with Crippen molar-refractivity contribution in [3.63, 3.8) is 0 Å². The number of carbonyl (C=O) groups excluding carboxylic acids is 2. The molecule has 6 heteroatoms. The molecule has 0 radical (unpaired) electrons. The number of rotatable bonds is 8.